The molecule has 9 N–H and O–H groups in total. The Hall–Kier alpha value is -4.30. The van der Waals surface area contributed by atoms with Gasteiger partial charge in [-0.1, -0.05) is 6.92 Å². The molecule has 24 heteroatoms. The van der Waals surface area contributed by atoms with Gasteiger partial charge in [0.05, 0.1) is 36.8 Å². The lowest BCUT2D eigenvalue weighted by Crippen LogP contribution is -2.69. The van der Waals surface area contributed by atoms with Crippen molar-refractivity contribution in [3.63, 3.8) is 0 Å². The average Bonchev–Trinajstić information content (AvgIpc) is 3.16. The molecule has 0 aromatic heterocycles. The van der Waals surface area contributed by atoms with Gasteiger partial charge in [-0.25, -0.2) is 19.2 Å². The molecule has 0 spiro atoms. The monoisotopic (exact) mass is 980 g/mol. The first-order chi connectivity index (χ1) is 31.1. The smallest absolute Gasteiger partial charge is 0.408 e. The minimum absolute atomic E-state index is 0.156. The van der Waals surface area contributed by atoms with Crippen LogP contribution in [0.5, 0.6) is 0 Å². The van der Waals surface area contributed by atoms with E-state index in [2.05, 4.69) is 26.6 Å². The van der Waals surface area contributed by atoms with E-state index in [1.54, 1.807) is 83.1 Å². The lowest BCUT2D eigenvalue weighted by molar-refractivity contribution is -0.323. The van der Waals surface area contributed by atoms with Crippen molar-refractivity contribution >= 4 is 36.2 Å². The maximum atomic E-state index is 13.5. The topological polar surface area (TPSA) is 327 Å². The molecule has 3 rings (SSSR count). The molecule has 8 unspecified atom stereocenters. The lowest BCUT2D eigenvalue weighted by Gasteiger charge is -2.49. The zero-order valence-corrected chi connectivity index (χ0v) is 41.7. The molecule has 0 radical (unpaired) electrons. The molecular formula is C44H77N5O19. The van der Waals surface area contributed by atoms with Gasteiger partial charge in [-0.05, 0) is 89.5 Å². The maximum Gasteiger partial charge on any atom is 0.408 e. The van der Waals surface area contributed by atoms with E-state index in [1.807, 2.05) is 0 Å². The third-order valence-electron chi connectivity index (χ3n) is 10.4. The Labute approximate surface area is 397 Å². The van der Waals surface area contributed by atoms with Crippen LogP contribution in [0.3, 0.4) is 0 Å². The van der Waals surface area contributed by atoms with E-state index in [1.165, 1.54) is 14.0 Å². The van der Waals surface area contributed by atoms with E-state index < -0.39 is 151 Å². The molecule has 2 heterocycles. The van der Waals surface area contributed by atoms with Crippen molar-refractivity contribution in [2.45, 2.75) is 218 Å². The van der Waals surface area contributed by atoms with Crippen LogP contribution in [0.1, 0.15) is 116 Å². The molecule has 68 heavy (non-hydrogen) atoms. The van der Waals surface area contributed by atoms with Crippen LogP contribution in [0, 0.1) is 5.92 Å². The van der Waals surface area contributed by atoms with Gasteiger partial charge in [-0.15, -0.1) is 0 Å². The van der Waals surface area contributed by atoms with Crippen LogP contribution >= 0.6 is 0 Å². The van der Waals surface area contributed by atoms with Crippen LogP contribution in [0.4, 0.5) is 19.2 Å². The summed E-state index contributed by atoms with van der Waals surface area (Å²) in [4.78, 5) is 76.9. The summed E-state index contributed by atoms with van der Waals surface area (Å²) in [6.07, 6.45) is -19.7. The summed E-state index contributed by atoms with van der Waals surface area (Å²) in [5.74, 6) is -2.15. The lowest BCUT2D eigenvalue weighted by atomic mass is 9.83. The van der Waals surface area contributed by atoms with Gasteiger partial charge in [0.15, 0.2) is 12.6 Å². The molecule has 0 bridgehead atoms. The third kappa shape index (κ3) is 19.2. The number of hydrogen-bond acceptors (Lipinski definition) is 19. The summed E-state index contributed by atoms with van der Waals surface area (Å²) in [7, 11) is 1.41. The summed E-state index contributed by atoms with van der Waals surface area (Å²) in [5.41, 5.74) is -3.81. The predicted octanol–water partition coefficient (Wildman–Crippen LogP) is 1.35. The second kappa shape index (κ2) is 24.0. The number of aliphatic hydroxyl groups excluding tert-OH is 4. The number of carbonyl (C=O) groups excluding carboxylic acids is 6. The van der Waals surface area contributed by atoms with E-state index in [-0.39, 0.29) is 32.2 Å². The van der Waals surface area contributed by atoms with Crippen molar-refractivity contribution in [1.82, 2.24) is 26.6 Å². The summed E-state index contributed by atoms with van der Waals surface area (Å²) in [6, 6.07) is -3.74. The highest BCUT2D eigenvalue weighted by atomic mass is 16.7. The molecule has 5 amide bonds. The van der Waals surface area contributed by atoms with Crippen molar-refractivity contribution in [3.05, 3.63) is 0 Å². The number of amides is 5. The average molecular weight is 980 g/mol. The van der Waals surface area contributed by atoms with Crippen LogP contribution in [0.2, 0.25) is 0 Å². The van der Waals surface area contributed by atoms with Crippen molar-refractivity contribution in [1.29, 1.82) is 0 Å². The zero-order valence-electron chi connectivity index (χ0n) is 41.7. The van der Waals surface area contributed by atoms with Gasteiger partial charge in [0.2, 0.25) is 5.91 Å². The Kier molecular flexibility index (Phi) is 20.5. The van der Waals surface area contributed by atoms with Crippen LogP contribution in [0.15, 0.2) is 0 Å². The van der Waals surface area contributed by atoms with E-state index in [4.69, 9.17) is 42.6 Å². The summed E-state index contributed by atoms with van der Waals surface area (Å²) >= 11 is 0. The molecule has 1 aliphatic carbocycles. The largest absolute Gasteiger partial charge is 0.463 e. The van der Waals surface area contributed by atoms with Crippen molar-refractivity contribution in [2.24, 2.45) is 5.92 Å². The quantitative estimate of drug-likeness (QED) is 0.0876. The molecule has 3 aliphatic rings. The van der Waals surface area contributed by atoms with Crippen LogP contribution in [-0.2, 0) is 52.2 Å². The number of nitrogens with one attached hydrogen (secondary N) is 5. The Balaban J connectivity index is 2.09. The number of alkyl carbamates (subject to hydrolysis) is 4. The van der Waals surface area contributed by atoms with Crippen LogP contribution < -0.4 is 26.6 Å². The van der Waals surface area contributed by atoms with E-state index >= 15 is 0 Å². The number of carbonyl (C=O) groups is 6. The normalized spacial score (nSPS) is 31.3. The molecule has 3 fully saturated rings. The van der Waals surface area contributed by atoms with Gasteiger partial charge in [0, 0.05) is 32.4 Å². The van der Waals surface area contributed by atoms with Crippen LogP contribution in [-0.4, -0.2) is 179 Å². The number of aliphatic hydroxyl groups is 4. The second-order valence-corrected chi connectivity index (χ2v) is 21.2. The number of esters is 1. The fourth-order valence-electron chi connectivity index (χ4n) is 7.30. The molecule has 392 valence electrons. The molecule has 0 aromatic rings. The summed E-state index contributed by atoms with van der Waals surface area (Å²) < 4.78 is 52.3. The molecule has 0 aromatic carbocycles. The highest BCUT2D eigenvalue weighted by molar-refractivity contribution is 5.81. The first-order valence-corrected chi connectivity index (χ1v) is 22.8. The number of ether oxygens (including phenoxy) is 9. The Bertz CT molecular complexity index is 1710. The van der Waals surface area contributed by atoms with E-state index in [0.29, 0.717) is 0 Å². The molecule has 2 saturated heterocycles. The summed E-state index contributed by atoms with van der Waals surface area (Å²) in [6.45, 7) is 20.3. The van der Waals surface area contributed by atoms with Gasteiger partial charge in [-0.3, -0.25) is 9.59 Å². The molecule has 1 saturated carbocycles. The first-order valence-electron chi connectivity index (χ1n) is 22.8. The van der Waals surface area contributed by atoms with Gasteiger partial charge < -0.3 is 89.6 Å². The highest BCUT2D eigenvalue weighted by Gasteiger charge is 2.53. The molecule has 14 atom stereocenters. The Morgan fingerprint density at radius 1 is 0.559 bits per heavy atom. The van der Waals surface area contributed by atoms with Crippen molar-refractivity contribution in [2.75, 3.05) is 20.2 Å². The fraction of sp³-hybridized carbons (Fsp3) is 0.864. The highest BCUT2D eigenvalue weighted by Crippen LogP contribution is 2.35. The molecule has 24 nitrogen and oxygen atoms in total. The van der Waals surface area contributed by atoms with Gasteiger partial charge in [0.1, 0.15) is 65.6 Å². The molecule has 2 aliphatic heterocycles. The van der Waals surface area contributed by atoms with E-state index in [9.17, 15) is 49.2 Å². The van der Waals surface area contributed by atoms with E-state index in [0.717, 1.165) is 0 Å². The zero-order chi connectivity index (χ0) is 51.7. The Morgan fingerprint density at radius 3 is 1.47 bits per heavy atom. The third-order valence-corrected chi connectivity index (χ3v) is 10.4. The molecular weight excluding hydrogens is 902 g/mol. The Morgan fingerprint density at radius 2 is 1.00 bits per heavy atom. The van der Waals surface area contributed by atoms with Crippen LogP contribution in [0.25, 0.3) is 0 Å². The van der Waals surface area contributed by atoms with Gasteiger partial charge in [0.25, 0.3) is 0 Å². The standard InChI is InChI=1S/C44H77N5O19/c1-21-30(53)27(20-60-29(52)16-15-28(51)45-14)62-36(31(21)54)64-34-23(48-39(58)67-43(8,9)10)17-22(47-38(57)66-42(5,6)7)33(32(34)55)63-35-24(49-40(59)68-44(11,12)13)18-25(50)26(61-35)19-46-37(56)65-41(2,3)4/h21-27,30-36,50,53-55H,15-20H2,1-14H3,(H,45,51)(H,46,56)(H,47,57)(H,48,58)(H,49,59)/t21?,22-,23?,24?,25-,26?,27?,30-,31?,32?,33?,34-,35+,36+/m0/s1. The van der Waals surface area contributed by atoms with Gasteiger partial charge in [-0.2, -0.15) is 0 Å². The number of hydrogen-bond donors (Lipinski definition) is 9. The predicted molar refractivity (Wildman–Crippen MR) is 237 cm³/mol. The first kappa shape index (κ1) is 58.0. The second-order valence-electron chi connectivity index (χ2n) is 21.2. The number of rotatable bonds is 14. The van der Waals surface area contributed by atoms with Gasteiger partial charge >= 0.3 is 30.3 Å². The maximum absolute atomic E-state index is 13.5. The SMILES string of the molecule is CNC(=O)CCC(=O)OCC1O[C@H](O[C@H]2C(NC(=O)OC(C)(C)C)C[C@H](NC(=O)OC(C)(C)C)C(O[C@H]3OC(CNC(=O)OC(C)(C)C)[C@@H](O)CC3NC(=O)OC(C)(C)C)C2O)C(O)C(C)[C@@H]1O. The summed E-state index contributed by atoms with van der Waals surface area (Å²) in [5, 5.41) is 59.2. The van der Waals surface area contributed by atoms with Crippen molar-refractivity contribution < 1.29 is 91.8 Å². The van der Waals surface area contributed by atoms with Crippen molar-refractivity contribution in [3.8, 4) is 0 Å². The minimum Gasteiger partial charge on any atom is -0.463 e. The fourth-order valence-corrected chi connectivity index (χ4v) is 7.30. The minimum atomic E-state index is -1.90.